The van der Waals surface area contributed by atoms with E-state index in [1.807, 2.05) is 19.9 Å². The fraction of sp³-hybridized carbons (Fsp3) is 0.571. The highest BCUT2D eigenvalue weighted by molar-refractivity contribution is 5.98. The lowest BCUT2D eigenvalue weighted by atomic mass is 9.90. The van der Waals surface area contributed by atoms with Gasteiger partial charge in [-0.25, -0.2) is 0 Å². The van der Waals surface area contributed by atoms with Gasteiger partial charge in [-0.3, -0.25) is 4.79 Å². The van der Waals surface area contributed by atoms with Gasteiger partial charge in [-0.15, -0.1) is 0 Å². The molecule has 2 aliphatic carbocycles. The van der Waals surface area contributed by atoms with Gasteiger partial charge in [0.1, 0.15) is 0 Å². The molecule has 1 atom stereocenters. The molecule has 2 rings (SSSR count). The summed E-state index contributed by atoms with van der Waals surface area (Å²) in [5.41, 5.74) is 1.18. The van der Waals surface area contributed by atoms with Gasteiger partial charge in [0.15, 0.2) is 5.41 Å². The fourth-order valence-electron chi connectivity index (χ4n) is 2.32. The van der Waals surface area contributed by atoms with E-state index in [1.165, 1.54) is 12.0 Å². The number of hydrogen-bond acceptors (Lipinski definition) is 2. The molecule has 17 heavy (non-hydrogen) atoms. The number of carbonyl (C=O) groups is 1. The Kier molecular flexibility index (Phi) is 3.06. The van der Waals surface area contributed by atoms with E-state index in [2.05, 4.69) is 17.5 Å². The molecule has 0 aromatic rings. The second-order valence-electron chi connectivity index (χ2n) is 5.08. The van der Waals surface area contributed by atoms with Crippen molar-refractivity contribution >= 4 is 5.91 Å². The molecule has 0 heterocycles. The Hall–Kier alpha value is -1.56. The van der Waals surface area contributed by atoms with E-state index in [-0.39, 0.29) is 11.9 Å². The van der Waals surface area contributed by atoms with E-state index in [1.54, 1.807) is 0 Å². The highest BCUT2D eigenvalue weighted by Gasteiger charge is 2.52. The predicted molar refractivity (Wildman–Crippen MR) is 66.0 cm³/mol. The number of allylic oxidation sites excluding steroid dienone is 2. The predicted octanol–water partition coefficient (Wildman–Crippen LogP) is 2.46. The molecular formula is C14H18N2O. The molecule has 0 aromatic carbocycles. The van der Waals surface area contributed by atoms with Crippen LogP contribution in [-0.2, 0) is 4.79 Å². The lowest BCUT2D eigenvalue weighted by Crippen LogP contribution is -2.37. The number of hydrogen-bond donors (Lipinski definition) is 1. The minimum atomic E-state index is -0.965. The molecule has 0 spiro atoms. The summed E-state index contributed by atoms with van der Waals surface area (Å²) in [7, 11) is 0. The SMILES string of the molecule is CC(C)NC(=O)[C@]1(C#N)C=C1C1=CCCCC1. The maximum Gasteiger partial charge on any atom is 0.249 e. The van der Waals surface area contributed by atoms with E-state index in [0.29, 0.717) is 0 Å². The summed E-state index contributed by atoms with van der Waals surface area (Å²) in [4.78, 5) is 12.0. The number of carbonyl (C=O) groups excluding carboxylic acids is 1. The summed E-state index contributed by atoms with van der Waals surface area (Å²) in [5, 5.41) is 12.1. The first-order valence-electron chi connectivity index (χ1n) is 6.25. The first kappa shape index (κ1) is 11.9. The van der Waals surface area contributed by atoms with Crippen molar-refractivity contribution in [1.29, 1.82) is 5.26 Å². The first-order valence-corrected chi connectivity index (χ1v) is 6.25. The maximum atomic E-state index is 12.0. The van der Waals surface area contributed by atoms with Crippen LogP contribution in [0.25, 0.3) is 0 Å². The average molecular weight is 230 g/mol. The summed E-state index contributed by atoms with van der Waals surface area (Å²) in [6, 6.07) is 2.23. The molecule has 3 nitrogen and oxygen atoms in total. The molecule has 90 valence electrons. The minimum Gasteiger partial charge on any atom is -0.352 e. The Morgan fingerprint density at radius 3 is 2.82 bits per heavy atom. The zero-order valence-electron chi connectivity index (χ0n) is 10.4. The largest absolute Gasteiger partial charge is 0.352 e. The molecule has 0 saturated heterocycles. The number of nitriles is 1. The second kappa shape index (κ2) is 4.37. The van der Waals surface area contributed by atoms with Crippen LogP contribution in [0.1, 0.15) is 39.5 Å². The van der Waals surface area contributed by atoms with Gasteiger partial charge in [-0.1, -0.05) is 6.08 Å². The van der Waals surface area contributed by atoms with Gasteiger partial charge >= 0.3 is 0 Å². The van der Waals surface area contributed by atoms with Crippen LogP contribution in [0.5, 0.6) is 0 Å². The maximum absolute atomic E-state index is 12.0. The summed E-state index contributed by atoms with van der Waals surface area (Å²) < 4.78 is 0. The van der Waals surface area contributed by atoms with Crippen molar-refractivity contribution in [3.63, 3.8) is 0 Å². The number of nitrogens with one attached hydrogen (secondary N) is 1. The van der Waals surface area contributed by atoms with Crippen LogP contribution < -0.4 is 5.32 Å². The molecular weight excluding hydrogens is 212 g/mol. The smallest absolute Gasteiger partial charge is 0.249 e. The normalized spacial score (nSPS) is 26.9. The zero-order chi connectivity index (χ0) is 12.5. The van der Waals surface area contributed by atoms with Crippen molar-refractivity contribution in [2.75, 3.05) is 0 Å². The molecule has 0 saturated carbocycles. The van der Waals surface area contributed by atoms with Crippen molar-refractivity contribution in [2.24, 2.45) is 5.41 Å². The van der Waals surface area contributed by atoms with Gasteiger partial charge in [0.05, 0.1) is 6.07 Å². The van der Waals surface area contributed by atoms with Gasteiger partial charge in [-0.2, -0.15) is 5.26 Å². The van der Waals surface area contributed by atoms with Crippen molar-refractivity contribution in [2.45, 2.75) is 45.6 Å². The Labute approximate surface area is 102 Å². The number of rotatable bonds is 3. The Morgan fingerprint density at radius 1 is 1.53 bits per heavy atom. The lowest BCUT2D eigenvalue weighted by molar-refractivity contribution is -0.124. The van der Waals surface area contributed by atoms with Crippen molar-refractivity contribution in [3.8, 4) is 6.07 Å². The molecule has 1 amide bonds. The van der Waals surface area contributed by atoms with Crippen LogP contribution in [-0.4, -0.2) is 11.9 Å². The highest BCUT2D eigenvalue weighted by Crippen LogP contribution is 2.50. The monoisotopic (exact) mass is 230 g/mol. The topological polar surface area (TPSA) is 52.9 Å². The van der Waals surface area contributed by atoms with Gasteiger partial charge in [-0.05, 0) is 56.8 Å². The summed E-state index contributed by atoms with van der Waals surface area (Å²) in [5.74, 6) is -0.170. The van der Waals surface area contributed by atoms with Crippen LogP contribution in [0.3, 0.4) is 0 Å². The van der Waals surface area contributed by atoms with E-state index in [0.717, 1.165) is 24.8 Å². The zero-order valence-corrected chi connectivity index (χ0v) is 10.4. The van der Waals surface area contributed by atoms with Gasteiger partial charge in [0, 0.05) is 6.04 Å². The molecule has 0 unspecified atom stereocenters. The minimum absolute atomic E-state index is 0.0725. The van der Waals surface area contributed by atoms with Gasteiger partial charge in [0.2, 0.25) is 5.91 Å². The van der Waals surface area contributed by atoms with Crippen LogP contribution in [0.15, 0.2) is 23.3 Å². The summed E-state index contributed by atoms with van der Waals surface area (Å²) >= 11 is 0. The van der Waals surface area contributed by atoms with E-state index in [4.69, 9.17) is 0 Å². The fourth-order valence-corrected chi connectivity index (χ4v) is 2.32. The van der Waals surface area contributed by atoms with Crippen molar-refractivity contribution in [1.82, 2.24) is 5.32 Å². The van der Waals surface area contributed by atoms with Gasteiger partial charge in [0.25, 0.3) is 0 Å². The van der Waals surface area contributed by atoms with Gasteiger partial charge < -0.3 is 5.32 Å². The molecule has 0 radical (unpaired) electrons. The summed E-state index contributed by atoms with van der Waals surface area (Å²) in [6.45, 7) is 3.82. The van der Waals surface area contributed by atoms with E-state index < -0.39 is 5.41 Å². The number of nitrogens with zero attached hydrogens (tertiary/aromatic N) is 1. The van der Waals surface area contributed by atoms with Crippen LogP contribution in [0.4, 0.5) is 0 Å². The Morgan fingerprint density at radius 2 is 2.29 bits per heavy atom. The van der Waals surface area contributed by atoms with Crippen molar-refractivity contribution < 1.29 is 4.79 Å². The van der Waals surface area contributed by atoms with E-state index >= 15 is 0 Å². The Balaban J connectivity index is 2.09. The molecule has 0 fully saturated rings. The quantitative estimate of drug-likeness (QED) is 0.809. The molecule has 0 aliphatic heterocycles. The Bertz CT molecular complexity index is 440. The third-order valence-corrected chi connectivity index (χ3v) is 3.29. The van der Waals surface area contributed by atoms with Crippen LogP contribution >= 0.6 is 0 Å². The molecule has 2 aliphatic rings. The van der Waals surface area contributed by atoms with E-state index in [9.17, 15) is 10.1 Å². The summed E-state index contributed by atoms with van der Waals surface area (Å²) in [6.07, 6.45) is 8.44. The third-order valence-electron chi connectivity index (χ3n) is 3.29. The number of amides is 1. The molecule has 3 heteroatoms. The van der Waals surface area contributed by atoms with Crippen LogP contribution in [0, 0.1) is 16.7 Å². The van der Waals surface area contributed by atoms with Crippen LogP contribution in [0.2, 0.25) is 0 Å². The first-order chi connectivity index (χ1) is 8.10. The van der Waals surface area contributed by atoms with Crippen molar-refractivity contribution in [3.05, 3.63) is 23.3 Å². The standard InChI is InChI=1S/C14H18N2O/c1-10(2)16-13(17)14(9-15)8-12(14)11-6-4-3-5-7-11/h6,8,10H,3-5,7H2,1-2H3,(H,16,17)/t14-/m0/s1. The lowest BCUT2D eigenvalue weighted by Gasteiger charge is -2.16. The highest BCUT2D eigenvalue weighted by atomic mass is 16.2. The third kappa shape index (κ3) is 2.12. The molecule has 1 N–H and O–H groups in total. The molecule has 0 bridgehead atoms. The second-order valence-corrected chi connectivity index (χ2v) is 5.08. The molecule has 0 aromatic heterocycles. The average Bonchev–Trinajstić information content (AvgIpc) is 3.05.